The van der Waals surface area contributed by atoms with Crippen molar-refractivity contribution >= 4 is 11.4 Å². The first-order chi connectivity index (χ1) is 15.1. The molecule has 0 bridgehead atoms. The molecule has 2 aliphatic heterocycles. The maximum absolute atomic E-state index is 14.1. The highest BCUT2D eigenvalue weighted by atomic mass is 19.1. The van der Waals surface area contributed by atoms with Gasteiger partial charge in [-0.25, -0.2) is 8.78 Å². The first-order valence-corrected chi connectivity index (χ1v) is 11.0. The molecule has 1 saturated heterocycles. The fourth-order valence-electron chi connectivity index (χ4n) is 5.19. The summed E-state index contributed by atoms with van der Waals surface area (Å²) in [5.74, 6) is 0.0910. The minimum Gasteiger partial charge on any atom is -0.494 e. The zero-order valence-corrected chi connectivity index (χ0v) is 17.4. The van der Waals surface area contributed by atoms with E-state index in [-0.39, 0.29) is 23.6 Å². The first-order valence-electron chi connectivity index (χ1n) is 11.0. The normalized spacial score (nSPS) is 20.6. The molecular weight excluding hydrogens is 396 g/mol. The van der Waals surface area contributed by atoms with Crippen LogP contribution in [0.2, 0.25) is 0 Å². The van der Waals surface area contributed by atoms with E-state index in [0.29, 0.717) is 5.88 Å². The van der Waals surface area contributed by atoms with Gasteiger partial charge in [0.1, 0.15) is 11.6 Å². The summed E-state index contributed by atoms with van der Waals surface area (Å²) in [6.45, 7) is 3.69. The van der Waals surface area contributed by atoms with Gasteiger partial charge in [0.2, 0.25) is 0 Å². The van der Waals surface area contributed by atoms with Crippen molar-refractivity contribution in [1.29, 1.82) is 0 Å². The standard InChI is InChI=1S/C25H27F2N3O/c26-18-5-8-20(9-6-18)30-23-10-7-19(27)16-21(23)22-17-28(15-11-24(22)30)12-1-2-13-29-14-3-4-25(29)31/h3-10,14,16,22,24,31H,1-2,11-13,15,17H2/t22-,24+/m0/s1. The Morgan fingerprint density at radius 1 is 0.935 bits per heavy atom. The molecule has 0 saturated carbocycles. The molecule has 0 spiro atoms. The summed E-state index contributed by atoms with van der Waals surface area (Å²) in [6, 6.07) is 15.5. The van der Waals surface area contributed by atoms with Crippen molar-refractivity contribution in [2.24, 2.45) is 0 Å². The van der Waals surface area contributed by atoms with Crippen LogP contribution < -0.4 is 4.90 Å². The summed E-state index contributed by atoms with van der Waals surface area (Å²) >= 11 is 0. The van der Waals surface area contributed by atoms with Gasteiger partial charge in [0.15, 0.2) is 5.88 Å². The average molecular weight is 424 g/mol. The maximum atomic E-state index is 14.1. The third-order valence-electron chi connectivity index (χ3n) is 6.67. The molecule has 2 aliphatic rings. The monoisotopic (exact) mass is 423 g/mol. The van der Waals surface area contributed by atoms with E-state index in [1.807, 2.05) is 35.0 Å². The van der Waals surface area contributed by atoms with Crippen LogP contribution in [0.4, 0.5) is 20.2 Å². The fraction of sp³-hybridized carbons (Fsp3) is 0.360. The van der Waals surface area contributed by atoms with E-state index in [2.05, 4.69) is 9.80 Å². The summed E-state index contributed by atoms with van der Waals surface area (Å²) in [4.78, 5) is 4.74. The molecule has 162 valence electrons. The number of aryl methyl sites for hydroxylation is 1. The molecule has 3 aromatic rings. The number of unbranched alkanes of at least 4 members (excludes halogenated alkanes) is 1. The lowest BCUT2D eigenvalue weighted by Gasteiger charge is -2.39. The van der Waals surface area contributed by atoms with E-state index < -0.39 is 0 Å². The molecule has 1 N–H and O–H groups in total. The van der Waals surface area contributed by atoms with E-state index in [9.17, 15) is 13.9 Å². The zero-order chi connectivity index (χ0) is 21.4. The van der Waals surface area contributed by atoms with Crippen molar-refractivity contribution < 1.29 is 13.9 Å². The van der Waals surface area contributed by atoms with Crippen LogP contribution in [0.5, 0.6) is 5.88 Å². The smallest absolute Gasteiger partial charge is 0.190 e. The van der Waals surface area contributed by atoms with Gasteiger partial charge in [0, 0.05) is 49.2 Å². The molecule has 6 heteroatoms. The van der Waals surface area contributed by atoms with Gasteiger partial charge in [-0.3, -0.25) is 0 Å². The molecule has 4 nitrogen and oxygen atoms in total. The summed E-state index contributed by atoms with van der Waals surface area (Å²) in [7, 11) is 0. The third kappa shape index (κ3) is 3.92. The average Bonchev–Trinajstić information content (AvgIpc) is 3.32. The van der Waals surface area contributed by atoms with Gasteiger partial charge in [0.05, 0.1) is 0 Å². The molecule has 3 heterocycles. The van der Waals surface area contributed by atoms with E-state index in [4.69, 9.17) is 0 Å². The van der Waals surface area contributed by atoms with Crippen LogP contribution >= 0.6 is 0 Å². The number of fused-ring (bicyclic) bond motifs is 3. The zero-order valence-electron chi connectivity index (χ0n) is 17.4. The minimum absolute atomic E-state index is 0.206. The molecule has 5 rings (SSSR count). The third-order valence-corrected chi connectivity index (χ3v) is 6.67. The Bertz CT molecular complexity index is 1050. The highest BCUT2D eigenvalue weighted by Crippen LogP contribution is 2.48. The predicted octanol–water partition coefficient (Wildman–Crippen LogP) is 5.26. The van der Waals surface area contributed by atoms with Gasteiger partial charge in [-0.2, -0.15) is 0 Å². The maximum Gasteiger partial charge on any atom is 0.190 e. The largest absolute Gasteiger partial charge is 0.494 e. The molecule has 0 radical (unpaired) electrons. The molecule has 2 aromatic carbocycles. The summed E-state index contributed by atoms with van der Waals surface area (Å²) in [5, 5.41) is 9.75. The Morgan fingerprint density at radius 2 is 1.71 bits per heavy atom. The summed E-state index contributed by atoms with van der Waals surface area (Å²) in [6.07, 6.45) is 4.93. The molecule has 0 unspecified atom stereocenters. The number of aromatic hydroxyl groups is 1. The number of benzene rings is 2. The number of rotatable bonds is 6. The quantitative estimate of drug-likeness (QED) is 0.549. The van der Waals surface area contributed by atoms with Crippen LogP contribution in [-0.4, -0.2) is 40.2 Å². The van der Waals surface area contributed by atoms with Crippen molar-refractivity contribution in [3.63, 3.8) is 0 Å². The van der Waals surface area contributed by atoms with E-state index in [1.54, 1.807) is 12.1 Å². The fourth-order valence-corrected chi connectivity index (χ4v) is 5.19. The van der Waals surface area contributed by atoms with Crippen molar-refractivity contribution in [1.82, 2.24) is 9.47 Å². The van der Waals surface area contributed by atoms with Crippen molar-refractivity contribution in [3.8, 4) is 5.88 Å². The second-order valence-corrected chi connectivity index (χ2v) is 8.58. The number of hydrogen-bond acceptors (Lipinski definition) is 3. The molecule has 0 aliphatic carbocycles. The van der Waals surface area contributed by atoms with E-state index >= 15 is 0 Å². The lowest BCUT2D eigenvalue weighted by Crippen LogP contribution is -2.45. The molecule has 1 aromatic heterocycles. The van der Waals surface area contributed by atoms with Crippen LogP contribution in [-0.2, 0) is 6.54 Å². The van der Waals surface area contributed by atoms with Gasteiger partial charge >= 0.3 is 0 Å². The van der Waals surface area contributed by atoms with Gasteiger partial charge in [0.25, 0.3) is 0 Å². The number of nitrogens with zero attached hydrogens (tertiary/aromatic N) is 3. The Morgan fingerprint density at radius 3 is 2.48 bits per heavy atom. The Balaban J connectivity index is 1.29. The van der Waals surface area contributed by atoms with E-state index in [1.165, 1.54) is 18.2 Å². The predicted molar refractivity (Wildman–Crippen MR) is 118 cm³/mol. The number of aromatic nitrogens is 1. The first kappa shape index (κ1) is 20.1. The summed E-state index contributed by atoms with van der Waals surface area (Å²) < 4.78 is 29.5. The molecule has 2 atom stereocenters. The Kier molecular flexibility index (Phi) is 5.40. The minimum atomic E-state index is -0.248. The topological polar surface area (TPSA) is 31.6 Å². The molecule has 1 fully saturated rings. The van der Waals surface area contributed by atoms with Gasteiger partial charge in [-0.1, -0.05) is 0 Å². The number of hydrogen-bond donors (Lipinski definition) is 1. The van der Waals surface area contributed by atoms with E-state index in [0.717, 1.165) is 62.4 Å². The second-order valence-electron chi connectivity index (χ2n) is 8.58. The second kappa shape index (κ2) is 8.35. The summed E-state index contributed by atoms with van der Waals surface area (Å²) in [5.41, 5.74) is 3.05. The highest BCUT2D eigenvalue weighted by Gasteiger charge is 2.42. The number of likely N-dealkylation sites (tertiary alicyclic amines) is 1. The number of halogens is 2. The van der Waals surface area contributed by atoms with Crippen molar-refractivity contribution in [2.45, 2.75) is 37.8 Å². The molecular formula is C25H27F2N3O. The van der Waals surface area contributed by atoms with Gasteiger partial charge in [-0.15, -0.1) is 0 Å². The van der Waals surface area contributed by atoms with Crippen LogP contribution in [0, 0.1) is 11.6 Å². The Hall–Kier alpha value is -2.86. The SMILES string of the molecule is Oc1cccn1CCCCN1CC[C@@H]2[C@@H](C1)c1cc(F)ccc1N2c1ccc(F)cc1. The van der Waals surface area contributed by atoms with Crippen LogP contribution in [0.15, 0.2) is 60.8 Å². The highest BCUT2D eigenvalue weighted by molar-refractivity contribution is 5.73. The van der Waals surface area contributed by atoms with Crippen molar-refractivity contribution in [3.05, 3.63) is 78.0 Å². The van der Waals surface area contributed by atoms with Crippen LogP contribution in [0.1, 0.15) is 30.7 Å². The molecule has 0 amide bonds. The lowest BCUT2D eigenvalue weighted by atomic mass is 9.89. The molecule has 31 heavy (non-hydrogen) atoms. The van der Waals surface area contributed by atoms with Gasteiger partial charge < -0.3 is 19.5 Å². The number of piperidine rings is 1. The van der Waals surface area contributed by atoms with Crippen LogP contribution in [0.25, 0.3) is 0 Å². The number of anilines is 2. The lowest BCUT2D eigenvalue weighted by molar-refractivity contribution is 0.192. The Labute approximate surface area is 181 Å². The van der Waals surface area contributed by atoms with Crippen molar-refractivity contribution in [2.75, 3.05) is 24.5 Å². The van der Waals surface area contributed by atoms with Crippen LogP contribution in [0.3, 0.4) is 0 Å². The van der Waals surface area contributed by atoms with Gasteiger partial charge in [-0.05, 0) is 86.0 Å².